The van der Waals surface area contributed by atoms with Gasteiger partial charge in [0.15, 0.2) is 0 Å². The van der Waals surface area contributed by atoms with Crippen molar-refractivity contribution in [1.82, 2.24) is 4.31 Å². The summed E-state index contributed by atoms with van der Waals surface area (Å²) < 4.78 is 57.8. The van der Waals surface area contributed by atoms with E-state index in [1.165, 1.54) is 28.6 Å². The number of hydrogen-bond donors (Lipinski definition) is 1. The van der Waals surface area contributed by atoms with Crippen molar-refractivity contribution in [1.29, 1.82) is 0 Å². The number of halogens is 1. The third-order valence-electron chi connectivity index (χ3n) is 4.55. The first kappa shape index (κ1) is 23.7. The molecule has 2 aromatic rings. The topological polar surface area (TPSA) is 113 Å². The number of sulfonamides is 2. The van der Waals surface area contributed by atoms with Gasteiger partial charge in [-0.05, 0) is 52.3 Å². The minimum Gasteiger partial charge on any atom is -0.379 e. The van der Waals surface area contributed by atoms with Gasteiger partial charge in [0.25, 0.3) is 0 Å². The molecule has 0 aromatic heterocycles. The molecular weight excluding hydrogens is 510 g/mol. The number of carbonyl (C=O) groups excluding carboxylic acids is 1. The molecule has 0 radical (unpaired) electrons. The van der Waals surface area contributed by atoms with E-state index in [1.54, 1.807) is 24.3 Å². The molecule has 0 aliphatic carbocycles. The lowest BCUT2D eigenvalue weighted by Crippen LogP contribution is -2.40. The highest BCUT2D eigenvalue weighted by atomic mass is 79.9. The number of benzene rings is 2. The van der Waals surface area contributed by atoms with Gasteiger partial charge < -0.3 is 10.1 Å². The number of nitrogens with one attached hydrogen (secondary N) is 1. The number of morpholine rings is 1. The van der Waals surface area contributed by atoms with Crippen LogP contribution in [0.3, 0.4) is 0 Å². The second-order valence-corrected chi connectivity index (χ2v) is 11.5. The van der Waals surface area contributed by atoms with Crippen molar-refractivity contribution in [2.45, 2.75) is 4.90 Å². The van der Waals surface area contributed by atoms with Gasteiger partial charge in [0.1, 0.15) is 6.54 Å². The molecule has 0 bridgehead atoms. The third kappa shape index (κ3) is 5.83. The largest absolute Gasteiger partial charge is 0.379 e. The second-order valence-electron chi connectivity index (χ2n) is 6.81. The summed E-state index contributed by atoms with van der Waals surface area (Å²) >= 11 is 3.30. The number of rotatable bonds is 7. The first-order valence-electron chi connectivity index (χ1n) is 9.29. The van der Waals surface area contributed by atoms with Crippen LogP contribution >= 0.6 is 15.9 Å². The Kier molecular flexibility index (Phi) is 7.37. The standard InChI is InChI=1S/C19H22BrN3O6S2/c1-30(25,26)23(18-5-3-2-4-17(18)20)14-19(24)21-15-6-8-16(9-7-15)31(27,28)22-10-12-29-13-11-22/h2-9H,10-14H2,1H3,(H,21,24). The van der Waals surface area contributed by atoms with Crippen LogP contribution in [0.4, 0.5) is 11.4 Å². The van der Waals surface area contributed by atoms with Gasteiger partial charge in [-0.2, -0.15) is 4.31 Å². The van der Waals surface area contributed by atoms with E-state index < -0.39 is 32.5 Å². The third-order valence-corrected chi connectivity index (χ3v) is 8.26. The number of carbonyl (C=O) groups is 1. The van der Waals surface area contributed by atoms with Crippen molar-refractivity contribution in [3.05, 3.63) is 53.0 Å². The number of para-hydroxylation sites is 1. The molecule has 1 aliphatic rings. The molecule has 1 fully saturated rings. The fourth-order valence-corrected chi connectivity index (χ4v) is 5.90. The fourth-order valence-electron chi connectivity index (χ4n) is 3.01. The summed E-state index contributed by atoms with van der Waals surface area (Å²) in [5, 5.41) is 2.60. The minimum absolute atomic E-state index is 0.110. The highest BCUT2D eigenvalue weighted by Gasteiger charge is 2.26. The summed E-state index contributed by atoms with van der Waals surface area (Å²) in [5.74, 6) is -0.565. The Morgan fingerprint density at radius 1 is 1.06 bits per heavy atom. The van der Waals surface area contributed by atoms with Crippen LogP contribution in [0.25, 0.3) is 0 Å². The Hall–Kier alpha value is -1.99. The number of anilines is 2. The van der Waals surface area contributed by atoms with Crippen LogP contribution in [0.5, 0.6) is 0 Å². The minimum atomic E-state index is -3.72. The molecule has 0 unspecified atom stereocenters. The van der Waals surface area contributed by atoms with Crippen LogP contribution in [0.1, 0.15) is 0 Å². The maximum absolute atomic E-state index is 12.7. The predicted molar refractivity (Wildman–Crippen MR) is 121 cm³/mol. The zero-order chi connectivity index (χ0) is 22.6. The van der Waals surface area contributed by atoms with Crippen molar-refractivity contribution in [2.75, 3.05) is 48.7 Å². The molecular formula is C19H22BrN3O6S2. The van der Waals surface area contributed by atoms with E-state index >= 15 is 0 Å². The molecule has 9 nitrogen and oxygen atoms in total. The van der Waals surface area contributed by atoms with Gasteiger partial charge in [0.2, 0.25) is 26.0 Å². The molecule has 1 saturated heterocycles. The summed E-state index contributed by atoms with van der Waals surface area (Å²) in [6.07, 6.45) is 1.02. The van der Waals surface area contributed by atoms with E-state index in [0.717, 1.165) is 10.6 Å². The molecule has 0 spiro atoms. The van der Waals surface area contributed by atoms with Crippen LogP contribution in [-0.2, 0) is 29.6 Å². The molecule has 2 aromatic carbocycles. The summed E-state index contributed by atoms with van der Waals surface area (Å²) in [4.78, 5) is 12.6. The average Bonchev–Trinajstić information content (AvgIpc) is 2.73. The zero-order valence-corrected chi connectivity index (χ0v) is 19.9. The molecule has 1 heterocycles. The smallest absolute Gasteiger partial charge is 0.245 e. The molecule has 0 saturated carbocycles. The SMILES string of the molecule is CS(=O)(=O)N(CC(=O)Nc1ccc(S(=O)(=O)N2CCOCC2)cc1)c1ccccc1Br. The highest BCUT2D eigenvalue weighted by molar-refractivity contribution is 9.10. The van der Waals surface area contributed by atoms with Crippen molar-refractivity contribution in [2.24, 2.45) is 0 Å². The average molecular weight is 532 g/mol. The van der Waals surface area contributed by atoms with Crippen LogP contribution in [0.2, 0.25) is 0 Å². The molecule has 3 rings (SSSR count). The summed E-state index contributed by atoms with van der Waals surface area (Å²) in [5.41, 5.74) is 0.693. The lowest BCUT2D eigenvalue weighted by atomic mass is 10.3. The second kappa shape index (κ2) is 9.65. The maximum Gasteiger partial charge on any atom is 0.245 e. The van der Waals surface area contributed by atoms with Crippen LogP contribution < -0.4 is 9.62 Å². The van der Waals surface area contributed by atoms with Crippen molar-refractivity contribution >= 4 is 53.3 Å². The Morgan fingerprint density at radius 2 is 1.68 bits per heavy atom. The Balaban J connectivity index is 1.72. The number of ether oxygens (including phenoxy) is 1. The van der Waals surface area contributed by atoms with Gasteiger partial charge >= 0.3 is 0 Å². The van der Waals surface area contributed by atoms with E-state index in [1.807, 2.05) is 0 Å². The van der Waals surface area contributed by atoms with Gasteiger partial charge in [0.05, 0.1) is 30.1 Å². The zero-order valence-electron chi connectivity index (χ0n) is 16.7. The van der Waals surface area contributed by atoms with E-state index in [-0.39, 0.29) is 18.0 Å². The van der Waals surface area contributed by atoms with E-state index in [4.69, 9.17) is 4.74 Å². The molecule has 1 N–H and O–H groups in total. The number of amides is 1. The maximum atomic E-state index is 12.7. The van der Waals surface area contributed by atoms with Crippen LogP contribution in [-0.4, -0.2) is 66.2 Å². The lowest BCUT2D eigenvalue weighted by Gasteiger charge is -2.26. The van der Waals surface area contributed by atoms with Crippen molar-refractivity contribution < 1.29 is 26.4 Å². The van der Waals surface area contributed by atoms with Gasteiger partial charge in [-0.1, -0.05) is 12.1 Å². The molecule has 12 heteroatoms. The highest BCUT2D eigenvalue weighted by Crippen LogP contribution is 2.27. The predicted octanol–water partition coefficient (Wildman–Crippen LogP) is 1.87. The number of nitrogens with zero attached hydrogens (tertiary/aromatic N) is 2. The lowest BCUT2D eigenvalue weighted by molar-refractivity contribution is -0.114. The van der Waals surface area contributed by atoms with Gasteiger partial charge in [0, 0.05) is 23.2 Å². The van der Waals surface area contributed by atoms with Crippen molar-refractivity contribution in [3.63, 3.8) is 0 Å². The molecule has 0 atom stereocenters. The van der Waals surface area contributed by atoms with Crippen molar-refractivity contribution in [3.8, 4) is 0 Å². The molecule has 1 amide bonds. The fraction of sp³-hybridized carbons (Fsp3) is 0.316. The van der Waals surface area contributed by atoms with E-state index in [9.17, 15) is 21.6 Å². The molecule has 168 valence electrons. The monoisotopic (exact) mass is 531 g/mol. The van der Waals surface area contributed by atoms with E-state index in [2.05, 4.69) is 21.2 Å². The first-order valence-corrected chi connectivity index (χ1v) is 13.4. The Morgan fingerprint density at radius 3 is 2.26 bits per heavy atom. The van der Waals surface area contributed by atoms with Gasteiger partial charge in [-0.3, -0.25) is 9.10 Å². The van der Waals surface area contributed by atoms with Gasteiger partial charge in [-0.15, -0.1) is 0 Å². The normalized spacial score (nSPS) is 15.4. The first-order chi connectivity index (χ1) is 14.6. The molecule has 1 aliphatic heterocycles. The van der Waals surface area contributed by atoms with Gasteiger partial charge in [-0.25, -0.2) is 16.8 Å². The van der Waals surface area contributed by atoms with Crippen LogP contribution in [0.15, 0.2) is 57.9 Å². The summed E-state index contributed by atoms with van der Waals surface area (Å²) in [7, 11) is -7.36. The number of hydrogen-bond acceptors (Lipinski definition) is 6. The van der Waals surface area contributed by atoms with E-state index in [0.29, 0.717) is 29.1 Å². The molecule has 31 heavy (non-hydrogen) atoms. The summed E-state index contributed by atoms with van der Waals surface area (Å²) in [6, 6.07) is 12.4. The van der Waals surface area contributed by atoms with Crippen LogP contribution in [0, 0.1) is 0 Å². The Bertz CT molecular complexity index is 1150. The summed E-state index contributed by atoms with van der Waals surface area (Å²) in [6.45, 7) is 0.840. The Labute approximate surface area is 190 Å². The quantitative estimate of drug-likeness (QED) is 0.583.